The van der Waals surface area contributed by atoms with Gasteiger partial charge in [0.05, 0.1) is 0 Å². The topological polar surface area (TPSA) is 45.2 Å². The third-order valence-electron chi connectivity index (χ3n) is 16.3. The van der Waals surface area contributed by atoms with E-state index in [2.05, 4.69) is 307 Å². The average Bonchev–Trinajstić information content (AvgIpc) is 1.40. The summed E-state index contributed by atoms with van der Waals surface area (Å²) < 4.78 is 0. The Balaban J connectivity index is 0.942. The van der Waals surface area contributed by atoms with Gasteiger partial charge in [0.15, 0.2) is 17.5 Å². The molecule has 0 atom stereocenters. The van der Waals surface area contributed by atoms with Crippen LogP contribution in [-0.4, -0.2) is 15.0 Å². The van der Waals surface area contributed by atoms with E-state index < -0.39 is 0 Å². The second kappa shape index (κ2) is 22.7. The molecule has 1 aromatic heterocycles. The molecule has 14 aromatic carbocycles. The maximum Gasteiger partial charge on any atom is 0.164 e. The van der Waals surface area contributed by atoms with Crippen LogP contribution in [0.2, 0.25) is 0 Å². The highest BCUT2D eigenvalue weighted by Crippen LogP contribution is 2.46. The van der Waals surface area contributed by atoms with E-state index in [9.17, 15) is 0 Å². The minimum absolute atomic E-state index is 0.598. The molecule has 0 spiro atoms. The molecule has 0 amide bonds. The lowest BCUT2D eigenvalue weighted by molar-refractivity contribution is 1.07. The second-order valence-electron chi connectivity index (χ2n) is 21.6. The first-order valence-corrected chi connectivity index (χ1v) is 29.1. The lowest BCUT2D eigenvalue weighted by atomic mass is 9.92. The number of hydrogen-bond donors (Lipinski definition) is 0. The van der Waals surface area contributed by atoms with Crippen molar-refractivity contribution < 1.29 is 0 Å². The molecule has 5 nitrogen and oxygen atoms in total. The van der Waals surface area contributed by atoms with E-state index in [1.807, 2.05) is 36.4 Å². The van der Waals surface area contributed by atoms with Crippen LogP contribution in [0.25, 0.3) is 111 Å². The maximum absolute atomic E-state index is 5.25. The molecule has 86 heavy (non-hydrogen) atoms. The normalized spacial score (nSPS) is 11.3. The van der Waals surface area contributed by atoms with E-state index >= 15 is 0 Å². The molecular weight excluding hydrogens is 1040 g/mol. The molecule has 15 rings (SSSR count). The molecule has 0 unspecified atom stereocenters. The van der Waals surface area contributed by atoms with Crippen LogP contribution >= 0.6 is 0 Å². The Hall–Kier alpha value is -11.5. The monoisotopic (exact) mass is 1100 g/mol. The Kier molecular flexibility index (Phi) is 13.5. The van der Waals surface area contributed by atoms with Gasteiger partial charge in [0.2, 0.25) is 0 Å². The molecule has 0 bridgehead atoms. The minimum atomic E-state index is 0.598. The summed E-state index contributed by atoms with van der Waals surface area (Å²) in [7, 11) is 0. The van der Waals surface area contributed by atoms with Crippen molar-refractivity contribution in [1.29, 1.82) is 0 Å². The Morgan fingerprint density at radius 3 is 0.674 bits per heavy atom. The summed E-state index contributed by atoms with van der Waals surface area (Å²) in [6.45, 7) is 0. The Morgan fingerprint density at radius 1 is 0.151 bits per heavy atom. The highest BCUT2D eigenvalue weighted by Gasteiger charge is 2.21. The average molecular weight is 1100 g/mol. The molecule has 0 fully saturated rings. The number of fused-ring (bicyclic) bond motifs is 6. The van der Waals surface area contributed by atoms with E-state index in [1.54, 1.807) is 0 Å². The Bertz CT molecular complexity index is 4630. The predicted molar refractivity (Wildman–Crippen MR) is 360 cm³/mol. The van der Waals surface area contributed by atoms with Gasteiger partial charge in [-0.1, -0.05) is 255 Å². The van der Waals surface area contributed by atoms with Crippen molar-refractivity contribution in [3.8, 4) is 78.7 Å². The van der Waals surface area contributed by atoms with Gasteiger partial charge in [-0.25, -0.2) is 15.0 Å². The summed E-state index contributed by atoms with van der Waals surface area (Å²) in [4.78, 5) is 20.3. The van der Waals surface area contributed by atoms with Gasteiger partial charge < -0.3 is 9.80 Å². The molecule has 0 saturated heterocycles. The smallest absolute Gasteiger partial charge is 0.164 e. The van der Waals surface area contributed by atoms with E-state index in [0.717, 1.165) is 105 Å². The largest absolute Gasteiger partial charge is 0.310 e. The first-order valence-electron chi connectivity index (χ1n) is 29.1. The van der Waals surface area contributed by atoms with Gasteiger partial charge in [-0.15, -0.1) is 0 Å². The molecule has 5 heteroatoms. The van der Waals surface area contributed by atoms with Crippen molar-refractivity contribution in [2.45, 2.75) is 0 Å². The van der Waals surface area contributed by atoms with Crippen LogP contribution in [-0.2, 0) is 0 Å². The Morgan fingerprint density at radius 2 is 0.360 bits per heavy atom. The molecule has 15 aromatic rings. The van der Waals surface area contributed by atoms with E-state index in [1.165, 1.54) is 22.3 Å². The first-order chi connectivity index (χ1) is 42.6. The number of nitrogens with zero attached hydrogens (tertiary/aromatic N) is 5. The van der Waals surface area contributed by atoms with Gasteiger partial charge in [0, 0.05) is 50.8 Å². The third kappa shape index (κ3) is 10.1. The summed E-state index contributed by atoms with van der Waals surface area (Å²) >= 11 is 0. The molecule has 0 N–H and O–H groups in total. The van der Waals surface area contributed by atoms with E-state index in [4.69, 9.17) is 15.0 Å². The molecule has 0 aliphatic heterocycles. The molecular formula is C81H55N5. The number of aromatic nitrogens is 3. The van der Waals surface area contributed by atoms with Crippen molar-refractivity contribution in [3.05, 3.63) is 334 Å². The maximum atomic E-state index is 5.25. The fourth-order valence-electron chi connectivity index (χ4n) is 12.0. The summed E-state index contributed by atoms with van der Waals surface area (Å²) in [5.41, 5.74) is 18.4. The van der Waals surface area contributed by atoms with Gasteiger partial charge in [0.25, 0.3) is 0 Å². The van der Waals surface area contributed by atoms with Crippen molar-refractivity contribution >= 4 is 66.4 Å². The van der Waals surface area contributed by atoms with Crippen LogP contribution in [0, 0.1) is 0 Å². The zero-order valence-electron chi connectivity index (χ0n) is 47.0. The fourth-order valence-corrected chi connectivity index (χ4v) is 12.0. The van der Waals surface area contributed by atoms with Crippen molar-refractivity contribution in [1.82, 2.24) is 15.0 Å². The van der Waals surface area contributed by atoms with Crippen LogP contribution in [0.1, 0.15) is 0 Å². The van der Waals surface area contributed by atoms with Crippen molar-refractivity contribution in [2.75, 3.05) is 9.80 Å². The minimum Gasteiger partial charge on any atom is -0.310 e. The molecule has 1 heterocycles. The number of anilines is 6. The van der Waals surface area contributed by atoms with Crippen molar-refractivity contribution in [2.24, 2.45) is 0 Å². The predicted octanol–water partition coefficient (Wildman–Crippen LogP) is 21.9. The second-order valence-corrected chi connectivity index (χ2v) is 21.6. The summed E-state index contributed by atoms with van der Waals surface area (Å²) in [6.07, 6.45) is 0. The lowest BCUT2D eigenvalue weighted by Crippen LogP contribution is -2.10. The van der Waals surface area contributed by atoms with Gasteiger partial charge >= 0.3 is 0 Å². The number of hydrogen-bond acceptors (Lipinski definition) is 5. The molecule has 404 valence electrons. The highest BCUT2D eigenvalue weighted by atomic mass is 15.1. The first kappa shape index (κ1) is 51.4. The lowest BCUT2D eigenvalue weighted by Gasteiger charge is -2.27. The van der Waals surface area contributed by atoms with Gasteiger partial charge in [-0.3, -0.25) is 0 Å². The van der Waals surface area contributed by atoms with Crippen LogP contribution in [0.15, 0.2) is 334 Å². The summed E-state index contributed by atoms with van der Waals surface area (Å²) in [6, 6.07) is 119. The molecule has 0 aliphatic carbocycles. The quantitative estimate of drug-likeness (QED) is 0.108. The Labute approximate surface area is 500 Å². The number of benzene rings is 14. The zero-order valence-corrected chi connectivity index (χ0v) is 47.0. The number of rotatable bonds is 13. The molecule has 0 saturated carbocycles. The van der Waals surface area contributed by atoms with Gasteiger partial charge in [-0.2, -0.15) is 0 Å². The van der Waals surface area contributed by atoms with Gasteiger partial charge in [-0.05, 0) is 156 Å². The molecule has 0 aliphatic rings. The van der Waals surface area contributed by atoms with Crippen molar-refractivity contribution in [3.63, 3.8) is 0 Å². The van der Waals surface area contributed by atoms with Crippen LogP contribution in [0.5, 0.6) is 0 Å². The fraction of sp³-hybridized carbons (Fsp3) is 0. The van der Waals surface area contributed by atoms with E-state index in [-0.39, 0.29) is 0 Å². The SMILES string of the molecule is c1ccc(-c2ccc(N(c3ccc(-c4ccccc4)cc3)c3ccc4c5ccc(N(c6ccc(-c7ccccc7)cc6)c6ccc(-c7ccccc7)cc6)cc5c5cc(-c6nc(-c7ccccc7)nc(-c7ccccc7)n6)ccc5c4c3)cc2)cc1. The summed E-state index contributed by atoms with van der Waals surface area (Å²) in [5, 5.41) is 6.72. The van der Waals surface area contributed by atoms with Gasteiger partial charge in [0.1, 0.15) is 0 Å². The van der Waals surface area contributed by atoms with E-state index in [0.29, 0.717) is 17.5 Å². The summed E-state index contributed by atoms with van der Waals surface area (Å²) in [5.74, 6) is 1.83. The third-order valence-corrected chi connectivity index (χ3v) is 16.3. The van der Waals surface area contributed by atoms with Crippen LogP contribution < -0.4 is 9.80 Å². The van der Waals surface area contributed by atoms with Crippen LogP contribution in [0.3, 0.4) is 0 Å². The standard InChI is InChI=1S/C81H55N5/c1-7-19-56(20-8-1)60-31-40-67(41-32-60)85(68-42-33-61(34-43-68)57-21-9-2-10-22-57)71-48-51-73-74-52-49-72(86(69-44-35-62(36-45-69)58-23-11-3-12-24-58)70-46-37-63(38-47-70)59-25-13-4-14-26-59)55-78(74)76-53-66(39-50-75(76)77(73)54-71)81-83-79(64-27-15-5-16-28-64)82-80(84-81)65-29-17-6-18-30-65/h1-55H. The zero-order chi connectivity index (χ0) is 57.2. The molecule has 0 radical (unpaired) electrons. The highest BCUT2D eigenvalue weighted by molar-refractivity contribution is 6.27. The van der Waals surface area contributed by atoms with Crippen LogP contribution in [0.4, 0.5) is 34.1 Å².